The lowest BCUT2D eigenvalue weighted by molar-refractivity contribution is -0.123. The average molecular weight is 431 g/mol. The van der Waals surface area contributed by atoms with Crippen molar-refractivity contribution in [2.75, 3.05) is 77.6 Å². The molecular formula is C24H38N4O3. The number of rotatable bonds is 7. The molecule has 4 rings (SSSR count). The molecule has 31 heavy (non-hydrogen) atoms. The van der Waals surface area contributed by atoms with E-state index in [1.807, 2.05) is 12.1 Å². The van der Waals surface area contributed by atoms with Gasteiger partial charge in [0.1, 0.15) is 5.75 Å². The predicted octanol–water partition coefficient (Wildman–Crippen LogP) is 1.97. The summed E-state index contributed by atoms with van der Waals surface area (Å²) in [5.74, 6) is 1.05. The first kappa shape index (κ1) is 22.4. The van der Waals surface area contributed by atoms with Crippen LogP contribution in [0.5, 0.6) is 5.75 Å². The monoisotopic (exact) mass is 430 g/mol. The summed E-state index contributed by atoms with van der Waals surface area (Å²) < 4.78 is 10.9. The molecule has 0 spiro atoms. The van der Waals surface area contributed by atoms with Crippen molar-refractivity contribution in [3.8, 4) is 5.75 Å². The van der Waals surface area contributed by atoms with Crippen LogP contribution in [0.4, 0.5) is 5.69 Å². The van der Waals surface area contributed by atoms with Crippen molar-refractivity contribution < 1.29 is 14.3 Å². The van der Waals surface area contributed by atoms with E-state index in [1.165, 1.54) is 37.8 Å². The number of amides is 1. The minimum atomic E-state index is 0.128. The Morgan fingerprint density at radius 3 is 2.52 bits per heavy atom. The number of nitrogens with zero attached hydrogens (tertiary/aromatic N) is 3. The van der Waals surface area contributed by atoms with Gasteiger partial charge >= 0.3 is 0 Å². The van der Waals surface area contributed by atoms with Crippen LogP contribution < -0.4 is 15.0 Å². The number of carbonyl (C=O) groups excluding carboxylic acids is 1. The van der Waals surface area contributed by atoms with Crippen LogP contribution in [-0.2, 0) is 9.53 Å². The van der Waals surface area contributed by atoms with Gasteiger partial charge in [-0.05, 0) is 25.0 Å². The number of hydrogen-bond acceptors (Lipinski definition) is 6. The number of ether oxygens (including phenoxy) is 2. The number of nitrogens with one attached hydrogen (secondary N) is 1. The van der Waals surface area contributed by atoms with Gasteiger partial charge in [0.05, 0.1) is 26.9 Å². The Kier molecular flexibility index (Phi) is 7.69. The molecule has 0 unspecified atom stereocenters. The second-order valence-corrected chi connectivity index (χ2v) is 9.13. The summed E-state index contributed by atoms with van der Waals surface area (Å²) in [7, 11) is 1.70. The molecule has 0 aromatic heterocycles. The van der Waals surface area contributed by atoms with Crippen LogP contribution >= 0.6 is 0 Å². The van der Waals surface area contributed by atoms with Gasteiger partial charge in [0.2, 0.25) is 5.91 Å². The molecule has 1 aromatic rings. The number of piperazine rings is 1. The summed E-state index contributed by atoms with van der Waals surface area (Å²) in [6.07, 6.45) is 6.22. The zero-order valence-electron chi connectivity index (χ0n) is 19.0. The zero-order chi connectivity index (χ0) is 21.5. The molecule has 2 aliphatic heterocycles. The van der Waals surface area contributed by atoms with Gasteiger partial charge in [0.15, 0.2) is 0 Å². The third-order valence-electron chi connectivity index (χ3n) is 7.24. The molecule has 1 N–H and O–H groups in total. The van der Waals surface area contributed by atoms with Crippen LogP contribution in [0.3, 0.4) is 0 Å². The fourth-order valence-corrected chi connectivity index (χ4v) is 5.35. The molecule has 1 amide bonds. The molecule has 0 atom stereocenters. The van der Waals surface area contributed by atoms with E-state index in [9.17, 15) is 4.79 Å². The lowest BCUT2D eigenvalue weighted by atomic mass is 9.79. The molecule has 0 radical (unpaired) electrons. The number of morpholine rings is 1. The SMILES string of the molecule is COc1cccc(N2CCN(CC(=O)NCC3(N4CCOCC4)CCCCC3)CC2)c1. The first-order chi connectivity index (χ1) is 15.2. The summed E-state index contributed by atoms with van der Waals surface area (Å²) in [5, 5.41) is 3.30. The van der Waals surface area contributed by atoms with E-state index in [2.05, 4.69) is 32.1 Å². The molecule has 3 fully saturated rings. The minimum absolute atomic E-state index is 0.128. The molecule has 2 heterocycles. The Morgan fingerprint density at radius 2 is 1.81 bits per heavy atom. The topological polar surface area (TPSA) is 57.3 Å². The van der Waals surface area contributed by atoms with Crippen molar-refractivity contribution in [2.24, 2.45) is 0 Å². The fraction of sp³-hybridized carbons (Fsp3) is 0.708. The van der Waals surface area contributed by atoms with Gasteiger partial charge < -0.3 is 19.7 Å². The van der Waals surface area contributed by atoms with E-state index in [0.29, 0.717) is 6.54 Å². The molecule has 172 valence electrons. The maximum Gasteiger partial charge on any atom is 0.234 e. The summed E-state index contributed by atoms with van der Waals surface area (Å²) in [5.41, 5.74) is 1.32. The molecule has 2 saturated heterocycles. The standard InChI is InChI=1S/C24H38N4O3/c1-30-22-7-5-6-21(18-22)27-12-10-26(11-13-27)19-23(29)25-20-24(8-3-2-4-9-24)28-14-16-31-17-15-28/h5-7,18H,2-4,8-17,19-20H2,1H3,(H,25,29). The highest BCUT2D eigenvalue weighted by molar-refractivity contribution is 5.78. The maximum atomic E-state index is 12.8. The molecule has 3 aliphatic rings. The van der Waals surface area contributed by atoms with Crippen molar-refractivity contribution in [1.82, 2.24) is 15.1 Å². The number of carbonyl (C=O) groups is 1. The van der Waals surface area contributed by atoms with Gasteiger partial charge in [-0.1, -0.05) is 25.3 Å². The van der Waals surface area contributed by atoms with Crippen LogP contribution in [0.2, 0.25) is 0 Å². The Bertz CT molecular complexity index is 709. The van der Waals surface area contributed by atoms with Crippen molar-refractivity contribution in [3.05, 3.63) is 24.3 Å². The van der Waals surface area contributed by atoms with Crippen LogP contribution in [0.1, 0.15) is 32.1 Å². The van der Waals surface area contributed by atoms with Gasteiger partial charge in [-0.25, -0.2) is 0 Å². The van der Waals surface area contributed by atoms with Crippen LogP contribution in [0, 0.1) is 0 Å². The van der Waals surface area contributed by atoms with Gasteiger partial charge in [0, 0.05) is 63.1 Å². The average Bonchev–Trinajstić information content (AvgIpc) is 2.84. The third-order valence-corrected chi connectivity index (χ3v) is 7.24. The first-order valence-electron chi connectivity index (χ1n) is 11.9. The molecule has 7 nitrogen and oxygen atoms in total. The highest BCUT2D eigenvalue weighted by atomic mass is 16.5. The van der Waals surface area contributed by atoms with Gasteiger partial charge in [-0.2, -0.15) is 0 Å². The minimum Gasteiger partial charge on any atom is -0.497 e. The first-order valence-corrected chi connectivity index (χ1v) is 11.9. The van der Waals surface area contributed by atoms with E-state index in [-0.39, 0.29) is 11.4 Å². The van der Waals surface area contributed by atoms with E-state index < -0.39 is 0 Å². The number of hydrogen-bond donors (Lipinski definition) is 1. The Hall–Kier alpha value is -1.83. The Balaban J connectivity index is 1.25. The number of benzene rings is 1. The smallest absolute Gasteiger partial charge is 0.234 e. The number of anilines is 1. The van der Waals surface area contributed by atoms with Crippen LogP contribution in [0.15, 0.2) is 24.3 Å². The van der Waals surface area contributed by atoms with E-state index >= 15 is 0 Å². The highest BCUT2D eigenvalue weighted by Gasteiger charge is 2.38. The molecule has 0 bridgehead atoms. The normalized spacial score (nSPS) is 22.8. The van der Waals surface area contributed by atoms with E-state index in [0.717, 1.165) is 64.8 Å². The second-order valence-electron chi connectivity index (χ2n) is 9.13. The van der Waals surface area contributed by atoms with Crippen molar-refractivity contribution >= 4 is 11.6 Å². The van der Waals surface area contributed by atoms with Crippen molar-refractivity contribution in [3.63, 3.8) is 0 Å². The predicted molar refractivity (Wildman–Crippen MR) is 123 cm³/mol. The van der Waals surface area contributed by atoms with Gasteiger partial charge in [-0.3, -0.25) is 14.6 Å². The maximum absolute atomic E-state index is 12.8. The molecule has 7 heteroatoms. The third kappa shape index (κ3) is 5.70. The van der Waals surface area contributed by atoms with Gasteiger partial charge in [0.25, 0.3) is 0 Å². The fourth-order valence-electron chi connectivity index (χ4n) is 5.35. The lowest BCUT2D eigenvalue weighted by Gasteiger charge is -2.48. The molecule has 1 aliphatic carbocycles. The van der Waals surface area contributed by atoms with E-state index in [4.69, 9.17) is 9.47 Å². The Morgan fingerprint density at radius 1 is 1.06 bits per heavy atom. The summed E-state index contributed by atoms with van der Waals surface area (Å²) in [4.78, 5) is 20.0. The Labute approximate surface area is 186 Å². The summed E-state index contributed by atoms with van der Waals surface area (Å²) in [6.45, 7) is 8.53. The van der Waals surface area contributed by atoms with Gasteiger partial charge in [-0.15, -0.1) is 0 Å². The number of methoxy groups -OCH3 is 1. The van der Waals surface area contributed by atoms with Crippen LogP contribution in [-0.4, -0.2) is 93.9 Å². The van der Waals surface area contributed by atoms with Crippen LogP contribution in [0.25, 0.3) is 0 Å². The van der Waals surface area contributed by atoms with Crippen molar-refractivity contribution in [1.29, 1.82) is 0 Å². The highest BCUT2D eigenvalue weighted by Crippen LogP contribution is 2.33. The quantitative estimate of drug-likeness (QED) is 0.714. The summed E-state index contributed by atoms with van der Waals surface area (Å²) in [6, 6.07) is 8.21. The summed E-state index contributed by atoms with van der Waals surface area (Å²) >= 11 is 0. The molecule has 1 aromatic carbocycles. The molecular weight excluding hydrogens is 392 g/mol. The van der Waals surface area contributed by atoms with Crippen molar-refractivity contribution in [2.45, 2.75) is 37.6 Å². The van der Waals surface area contributed by atoms with E-state index in [1.54, 1.807) is 7.11 Å². The second kappa shape index (κ2) is 10.7. The molecule has 1 saturated carbocycles. The largest absolute Gasteiger partial charge is 0.497 e. The lowest BCUT2D eigenvalue weighted by Crippen LogP contribution is -2.60. The zero-order valence-corrected chi connectivity index (χ0v) is 19.0.